The molecule has 0 aliphatic carbocycles. The second-order valence-corrected chi connectivity index (χ2v) is 3.47. The summed E-state index contributed by atoms with van der Waals surface area (Å²) in [6, 6.07) is 0. The van der Waals surface area contributed by atoms with E-state index >= 15 is 0 Å². The molecule has 0 aromatic carbocycles. The van der Waals surface area contributed by atoms with Crippen LogP contribution in [0.2, 0.25) is 0 Å². The molecule has 1 aromatic rings. The van der Waals surface area contributed by atoms with Gasteiger partial charge in [-0.25, -0.2) is 0 Å². The van der Waals surface area contributed by atoms with Crippen LogP contribution >= 0.6 is 22.6 Å². The normalized spacial score (nSPS) is 11.8. The SMILES string of the molecule is OCc1c(I)cncc1C(F)(F)F. The van der Waals surface area contributed by atoms with Gasteiger partial charge in [0, 0.05) is 21.5 Å². The number of hydrogen-bond acceptors (Lipinski definition) is 2. The second-order valence-electron chi connectivity index (χ2n) is 2.30. The van der Waals surface area contributed by atoms with Crippen LogP contribution in [-0.2, 0) is 12.8 Å². The summed E-state index contributed by atoms with van der Waals surface area (Å²) in [5.41, 5.74) is -0.995. The van der Waals surface area contributed by atoms with Gasteiger partial charge in [-0.3, -0.25) is 4.98 Å². The third-order valence-corrected chi connectivity index (χ3v) is 2.40. The quantitative estimate of drug-likeness (QED) is 0.807. The van der Waals surface area contributed by atoms with Gasteiger partial charge in [0.2, 0.25) is 0 Å². The molecule has 13 heavy (non-hydrogen) atoms. The predicted octanol–water partition coefficient (Wildman–Crippen LogP) is 2.20. The third kappa shape index (κ3) is 2.31. The van der Waals surface area contributed by atoms with Gasteiger partial charge < -0.3 is 5.11 Å². The highest BCUT2D eigenvalue weighted by Crippen LogP contribution is 2.32. The zero-order valence-electron chi connectivity index (χ0n) is 6.27. The van der Waals surface area contributed by atoms with Crippen LogP contribution in [-0.4, -0.2) is 10.1 Å². The summed E-state index contributed by atoms with van der Waals surface area (Å²) < 4.78 is 37.1. The van der Waals surface area contributed by atoms with Crippen molar-refractivity contribution < 1.29 is 18.3 Å². The van der Waals surface area contributed by atoms with Crippen LogP contribution in [0.3, 0.4) is 0 Å². The number of aliphatic hydroxyl groups is 1. The Morgan fingerprint density at radius 1 is 1.38 bits per heavy atom. The van der Waals surface area contributed by atoms with Gasteiger partial charge in [-0.15, -0.1) is 0 Å². The number of pyridine rings is 1. The number of nitrogens with zero attached hydrogens (tertiary/aromatic N) is 1. The summed E-state index contributed by atoms with van der Waals surface area (Å²) in [5, 5.41) is 8.73. The lowest BCUT2D eigenvalue weighted by Gasteiger charge is -2.11. The molecule has 0 aliphatic heterocycles. The molecular formula is C7H5F3INO. The Morgan fingerprint density at radius 2 is 2.00 bits per heavy atom. The fraction of sp³-hybridized carbons (Fsp3) is 0.286. The summed E-state index contributed by atoms with van der Waals surface area (Å²) in [6.07, 6.45) is -2.46. The molecular weight excluding hydrogens is 298 g/mol. The van der Waals surface area contributed by atoms with E-state index < -0.39 is 18.3 Å². The van der Waals surface area contributed by atoms with Crippen LogP contribution < -0.4 is 0 Å². The van der Waals surface area contributed by atoms with Gasteiger partial charge >= 0.3 is 6.18 Å². The van der Waals surface area contributed by atoms with E-state index in [4.69, 9.17) is 5.11 Å². The lowest BCUT2D eigenvalue weighted by molar-refractivity contribution is -0.139. The average Bonchev–Trinajstić information content (AvgIpc) is 2.02. The van der Waals surface area contributed by atoms with E-state index in [0.717, 1.165) is 0 Å². The molecule has 0 unspecified atom stereocenters. The van der Waals surface area contributed by atoms with Crippen LogP contribution in [0.25, 0.3) is 0 Å². The number of rotatable bonds is 1. The van der Waals surface area contributed by atoms with Gasteiger partial charge in [-0.2, -0.15) is 13.2 Å². The van der Waals surface area contributed by atoms with Crippen molar-refractivity contribution in [2.45, 2.75) is 12.8 Å². The summed E-state index contributed by atoms with van der Waals surface area (Å²) in [4.78, 5) is 3.42. The first kappa shape index (κ1) is 10.7. The molecule has 0 fully saturated rings. The Hall–Kier alpha value is -0.370. The molecule has 1 aromatic heterocycles. The molecule has 72 valence electrons. The highest BCUT2D eigenvalue weighted by Gasteiger charge is 2.34. The smallest absolute Gasteiger partial charge is 0.392 e. The Labute approximate surface area is 85.9 Å². The van der Waals surface area contributed by atoms with Crippen LogP contribution in [0, 0.1) is 3.57 Å². The standard InChI is InChI=1S/C7H5F3INO/c8-7(9,10)5-1-12-2-6(11)4(5)3-13/h1-2,13H,3H2. The van der Waals surface area contributed by atoms with E-state index in [1.165, 1.54) is 6.20 Å². The van der Waals surface area contributed by atoms with Gasteiger partial charge in [0.05, 0.1) is 12.2 Å². The van der Waals surface area contributed by atoms with Gasteiger partial charge in [0.15, 0.2) is 0 Å². The van der Waals surface area contributed by atoms with E-state index in [1.54, 1.807) is 22.6 Å². The fourth-order valence-corrected chi connectivity index (χ4v) is 1.49. The molecule has 0 bridgehead atoms. The molecule has 1 rings (SSSR count). The lowest BCUT2D eigenvalue weighted by atomic mass is 10.1. The largest absolute Gasteiger partial charge is 0.418 e. The molecule has 0 saturated heterocycles. The molecule has 2 nitrogen and oxygen atoms in total. The maximum atomic E-state index is 12.3. The highest BCUT2D eigenvalue weighted by molar-refractivity contribution is 14.1. The highest BCUT2D eigenvalue weighted by atomic mass is 127. The number of alkyl halides is 3. The summed E-state index contributed by atoms with van der Waals surface area (Å²) in [7, 11) is 0. The number of halogens is 4. The first-order valence-electron chi connectivity index (χ1n) is 3.27. The van der Waals surface area contributed by atoms with Gasteiger partial charge in [-0.1, -0.05) is 0 Å². The topological polar surface area (TPSA) is 33.1 Å². The maximum Gasteiger partial charge on any atom is 0.418 e. The first-order chi connectivity index (χ1) is 5.96. The summed E-state index contributed by atoms with van der Waals surface area (Å²) >= 11 is 1.70. The fourth-order valence-electron chi connectivity index (χ4n) is 0.867. The first-order valence-corrected chi connectivity index (χ1v) is 4.35. The Morgan fingerprint density at radius 3 is 2.38 bits per heavy atom. The van der Waals surface area contributed by atoms with Gasteiger partial charge in [0.1, 0.15) is 0 Å². The minimum absolute atomic E-state index is 0.122. The molecule has 0 atom stereocenters. The molecule has 0 saturated carbocycles. The average molecular weight is 303 g/mol. The van der Waals surface area contributed by atoms with Crippen LogP contribution in [0.15, 0.2) is 12.4 Å². The zero-order chi connectivity index (χ0) is 10.1. The number of hydrogen-bond donors (Lipinski definition) is 1. The Bertz CT molecular complexity index is 313. The number of aromatic nitrogens is 1. The second kappa shape index (κ2) is 3.79. The van der Waals surface area contributed by atoms with Crippen molar-refractivity contribution in [1.29, 1.82) is 0 Å². The molecule has 0 aliphatic rings. The van der Waals surface area contributed by atoms with E-state index in [2.05, 4.69) is 4.98 Å². The third-order valence-electron chi connectivity index (χ3n) is 1.47. The van der Waals surface area contributed by atoms with Crippen molar-refractivity contribution in [3.63, 3.8) is 0 Å². The minimum Gasteiger partial charge on any atom is -0.392 e. The number of aliphatic hydroxyl groups excluding tert-OH is 1. The van der Waals surface area contributed by atoms with Gasteiger partial charge in [0.25, 0.3) is 0 Å². The lowest BCUT2D eigenvalue weighted by Crippen LogP contribution is -2.11. The Kier molecular flexibility index (Phi) is 3.12. The van der Waals surface area contributed by atoms with Crippen molar-refractivity contribution in [2.24, 2.45) is 0 Å². The molecule has 1 heterocycles. The molecule has 0 amide bonds. The zero-order valence-corrected chi connectivity index (χ0v) is 8.43. The van der Waals surface area contributed by atoms with Crippen LogP contribution in [0.5, 0.6) is 0 Å². The van der Waals surface area contributed by atoms with Crippen molar-refractivity contribution in [1.82, 2.24) is 4.98 Å². The monoisotopic (exact) mass is 303 g/mol. The van der Waals surface area contributed by atoms with Crippen LogP contribution in [0.4, 0.5) is 13.2 Å². The van der Waals surface area contributed by atoms with E-state index in [1.807, 2.05) is 0 Å². The Balaban J connectivity index is 3.29. The molecule has 1 N–H and O–H groups in total. The van der Waals surface area contributed by atoms with Crippen molar-refractivity contribution >= 4 is 22.6 Å². The van der Waals surface area contributed by atoms with E-state index in [9.17, 15) is 13.2 Å². The summed E-state index contributed by atoms with van der Waals surface area (Å²) in [5.74, 6) is 0. The molecule has 0 spiro atoms. The van der Waals surface area contributed by atoms with Crippen molar-refractivity contribution in [3.05, 3.63) is 27.1 Å². The predicted molar refractivity (Wildman–Crippen MR) is 47.9 cm³/mol. The van der Waals surface area contributed by atoms with Gasteiger partial charge in [-0.05, 0) is 22.6 Å². The van der Waals surface area contributed by atoms with E-state index in [0.29, 0.717) is 9.77 Å². The molecule has 0 radical (unpaired) electrons. The van der Waals surface area contributed by atoms with Crippen molar-refractivity contribution in [3.8, 4) is 0 Å². The maximum absolute atomic E-state index is 12.3. The minimum atomic E-state index is -4.45. The van der Waals surface area contributed by atoms with E-state index in [-0.39, 0.29) is 5.56 Å². The molecule has 6 heteroatoms. The summed E-state index contributed by atoms with van der Waals surface area (Å²) in [6.45, 7) is -0.629. The van der Waals surface area contributed by atoms with Crippen molar-refractivity contribution in [2.75, 3.05) is 0 Å². The van der Waals surface area contributed by atoms with Crippen LogP contribution in [0.1, 0.15) is 11.1 Å².